The Labute approximate surface area is 96.7 Å². The minimum Gasteiger partial charge on any atom is -0.385 e. The molecule has 0 amide bonds. The standard InChI is InChI=1S/C14H18N2/c1-10(2)16-9-12(8-14(16)15)13-7-5-4-6-11(13)3/h4-10H,15H2,1-3H3. The van der Waals surface area contributed by atoms with Crippen molar-refractivity contribution in [2.24, 2.45) is 0 Å². The molecule has 0 aliphatic rings. The first-order valence-corrected chi connectivity index (χ1v) is 5.63. The van der Waals surface area contributed by atoms with Crippen LogP contribution in [0.4, 0.5) is 5.82 Å². The molecule has 0 bridgehead atoms. The van der Waals surface area contributed by atoms with E-state index in [4.69, 9.17) is 5.73 Å². The molecule has 2 rings (SSSR count). The molecule has 2 aromatic rings. The van der Waals surface area contributed by atoms with Crippen molar-refractivity contribution in [2.75, 3.05) is 5.73 Å². The Morgan fingerprint density at radius 1 is 1.19 bits per heavy atom. The van der Waals surface area contributed by atoms with Crippen molar-refractivity contribution in [1.82, 2.24) is 4.57 Å². The van der Waals surface area contributed by atoms with Gasteiger partial charge in [0.1, 0.15) is 5.82 Å². The predicted molar refractivity (Wildman–Crippen MR) is 69.4 cm³/mol. The highest BCUT2D eigenvalue weighted by Gasteiger charge is 2.08. The molecule has 0 saturated heterocycles. The van der Waals surface area contributed by atoms with Crippen LogP contribution in [0, 0.1) is 6.92 Å². The monoisotopic (exact) mass is 214 g/mol. The van der Waals surface area contributed by atoms with Crippen molar-refractivity contribution in [2.45, 2.75) is 26.8 Å². The Morgan fingerprint density at radius 2 is 1.88 bits per heavy atom. The number of benzene rings is 1. The molecule has 0 aliphatic carbocycles. The van der Waals surface area contributed by atoms with E-state index in [0.29, 0.717) is 6.04 Å². The Bertz CT molecular complexity index is 495. The van der Waals surface area contributed by atoms with E-state index >= 15 is 0 Å². The van der Waals surface area contributed by atoms with Gasteiger partial charge in [-0.1, -0.05) is 24.3 Å². The van der Waals surface area contributed by atoms with E-state index in [1.807, 2.05) is 6.07 Å². The van der Waals surface area contributed by atoms with E-state index in [1.165, 1.54) is 16.7 Å². The van der Waals surface area contributed by atoms with Crippen molar-refractivity contribution >= 4 is 5.82 Å². The summed E-state index contributed by atoms with van der Waals surface area (Å²) in [6, 6.07) is 10.8. The number of rotatable bonds is 2. The van der Waals surface area contributed by atoms with Gasteiger partial charge in [0.2, 0.25) is 0 Å². The van der Waals surface area contributed by atoms with Crippen LogP contribution in [0.2, 0.25) is 0 Å². The molecule has 0 fully saturated rings. The lowest BCUT2D eigenvalue weighted by molar-refractivity contribution is 0.612. The smallest absolute Gasteiger partial charge is 0.104 e. The van der Waals surface area contributed by atoms with Crippen LogP contribution < -0.4 is 5.73 Å². The quantitative estimate of drug-likeness (QED) is 0.813. The molecule has 1 heterocycles. The van der Waals surface area contributed by atoms with Crippen molar-refractivity contribution in [3.63, 3.8) is 0 Å². The van der Waals surface area contributed by atoms with Crippen LogP contribution in [0.15, 0.2) is 36.5 Å². The molecule has 1 aromatic carbocycles. The fourth-order valence-corrected chi connectivity index (χ4v) is 1.99. The lowest BCUT2D eigenvalue weighted by Crippen LogP contribution is -2.02. The van der Waals surface area contributed by atoms with Gasteiger partial charge in [-0.2, -0.15) is 0 Å². The summed E-state index contributed by atoms with van der Waals surface area (Å²) in [6.07, 6.45) is 2.13. The van der Waals surface area contributed by atoms with Crippen LogP contribution in [-0.2, 0) is 0 Å². The normalized spacial score (nSPS) is 11.0. The van der Waals surface area contributed by atoms with Gasteiger partial charge in [-0.05, 0) is 38.0 Å². The third kappa shape index (κ3) is 1.83. The molecule has 1 aromatic heterocycles. The summed E-state index contributed by atoms with van der Waals surface area (Å²) in [4.78, 5) is 0. The largest absolute Gasteiger partial charge is 0.385 e. The van der Waals surface area contributed by atoms with Crippen LogP contribution >= 0.6 is 0 Å². The maximum Gasteiger partial charge on any atom is 0.104 e. The average Bonchev–Trinajstić information content (AvgIpc) is 2.61. The second-order valence-electron chi connectivity index (χ2n) is 4.47. The molecule has 84 valence electrons. The van der Waals surface area contributed by atoms with Gasteiger partial charge in [-0.15, -0.1) is 0 Å². The maximum atomic E-state index is 5.99. The Morgan fingerprint density at radius 3 is 2.44 bits per heavy atom. The van der Waals surface area contributed by atoms with Gasteiger partial charge in [0.15, 0.2) is 0 Å². The molecule has 0 saturated carbocycles. The van der Waals surface area contributed by atoms with E-state index in [1.54, 1.807) is 0 Å². The molecule has 2 heteroatoms. The SMILES string of the molecule is Cc1ccccc1-c1cc(N)n(C(C)C)c1. The first kappa shape index (κ1) is 10.8. The topological polar surface area (TPSA) is 30.9 Å². The number of hydrogen-bond acceptors (Lipinski definition) is 1. The zero-order valence-electron chi connectivity index (χ0n) is 10.1. The van der Waals surface area contributed by atoms with E-state index < -0.39 is 0 Å². The maximum absolute atomic E-state index is 5.99. The number of nitrogens with two attached hydrogens (primary N) is 1. The molecule has 16 heavy (non-hydrogen) atoms. The minimum absolute atomic E-state index is 0.401. The van der Waals surface area contributed by atoms with Crippen molar-refractivity contribution in [3.05, 3.63) is 42.1 Å². The van der Waals surface area contributed by atoms with Gasteiger partial charge in [0, 0.05) is 17.8 Å². The fourth-order valence-electron chi connectivity index (χ4n) is 1.99. The van der Waals surface area contributed by atoms with E-state index in [9.17, 15) is 0 Å². The van der Waals surface area contributed by atoms with Gasteiger partial charge in [-0.25, -0.2) is 0 Å². The molecule has 2 nitrogen and oxygen atoms in total. The van der Waals surface area contributed by atoms with Gasteiger partial charge in [0.25, 0.3) is 0 Å². The molecule has 0 spiro atoms. The number of aromatic nitrogens is 1. The van der Waals surface area contributed by atoms with Gasteiger partial charge < -0.3 is 10.3 Å². The van der Waals surface area contributed by atoms with E-state index in [0.717, 1.165) is 5.82 Å². The number of anilines is 1. The molecule has 2 N–H and O–H groups in total. The number of hydrogen-bond donors (Lipinski definition) is 1. The second kappa shape index (κ2) is 4.05. The van der Waals surface area contributed by atoms with Gasteiger partial charge in [0.05, 0.1) is 0 Å². The van der Waals surface area contributed by atoms with Crippen LogP contribution in [-0.4, -0.2) is 4.57 Å². The summed E-state index contributed by atoms with van der Waals surface area (Å²) < 4.78 is 2.10. The molecular formula is C14H18N2. The van der Waals surface area contributed by atoms with Crippen LogP contribution in [0.3, 0.4) is 0 Å². The molecule has 0 aliphatic heterocycles. The lowest BCUT2D eigenvalue weighted by atomic mass is 10.0. The summed E-state index contributed by atoms with van der Waals surface area (Å²) in [5.41, 5.74) is 9.73. The van der Waals surface area contributed by atoms with Crippen LogP contribution in [0.5, 0.6) is 0 Å². The van der Waals surface area contributed by atoms with Gasteiger partial charge >= 0.3 is 0 Å². The zero-order valence-corrected chi connectivity index (χ0v) is 10.1. The van der Waals surface area contributed by atoms with E-state index in [2.05, 4.69) is 55.8 Å². The number of nitrogen functional groups attached to an aromatic ring is 1. The minimum atomic E-state index is 0.401. The zero-order chi connectivity index (χ0) is 11.7. The third-order valence-corrected chi connectivity index (χ3v) is 2.89. The molecular weight excluding hydrogens is 196 g/mol. The first-order valence-electron chi connectivity index (χ1n) is 5.63. The van der Waals surface area contributed by atoms with Gasteiger partial charge in [-0.3, -0.25) is 0 Å². The summed E-state index contributed by atoms with van der Waals surface area (Å²) in [6.45, 7) is 6.40. The predicted octanol–water partition coefficient (Wildman–Crippen LogP) is 3.63. The average molecular weight is 214 g/mol. The second-order valence-corrected chi connectivity index (χ2v) is 4.47. The summed E-state index contributed by atoms with van der Waals surface area (Å²) in [5.74, 6) is 0.827. The summed E-state index contributed by atoms with van der Waals surface area (Å²) in [5, 5.41) is 0. The Kier molecular flexibility index (Phi) is 2.73. The highest BCUT2D eigenvalue weighted by molar-refractivity contribution is 5.69. The molecule has 0 unspecified atom stereocenters. The molecule has 0 radical (unpaired) electrons. The fraction of sp³-hybridized carbons (Fsp3) is 0.286. The first-order chi connectivity index (χ1) is 7.59. The Hall–Kier alpha value is -1.70. The highest BCUT2D eigenvalue weighted by Crippen LogP contribution is 2.28. The van der Waals surface area contributed by atoms with Crippen molar-refractivity contribution < 1.29 is 0 Å². The summed E-state index contributed by atoms with van der Waals surface area (Å²) >= 11 is 0. The summed E-state index contributed by atoms with van der Waals surface area (Å²) in [7, 11) is 0. The lowest BCUT2D eigenvalue weighted by Gasteiger charge is -2.08. The van der Waals surface area contributed by atoms with Crippen molar-refractivity contribution in [3.8, 4) is 11.1 Å². The number of nitrogens with zero attached hydrogens (tertiary/aromatic N) is 1. The Balaban J connectivity index is 2.50. The van der Waals surface area contributed by atoms with Crippen molar-refractivity contribution in [1.29, 1.82) is 0 Å². The van der Waals surface area contributed by atoms with E-state index in [-0.39, 0.29) is 0 Å². The number of aryl methyl sites for hydroxylation is 1. The van der Waals surface area contributed by atoms with Crippen LogP contribution in [0.1, 0.15) is 25.5 Å². The molecule has 0 atom stereocenters. The highest BCUT2D eigenvalue weighted by atomic mass is 15.1. The third-order valence-electron chi connectivity index (χ3n) is 2.89. The van der Waals surface area contributed by atoms with Crippen LogP contribution in [0.25, 0.3) is 11.1 Å².